The summed E-state index contributed by atoms with van der Waals surface area (Å²) in [6.45, 7) is 8.52. The number of nitrogens with zero attached hydrogens (tertiary/aromatic N) is 2. The highest BCUT2D eigenvalue weighted by Gasteiger charge is 2.13. The van der Waals surface area contributed by atoms with E-state index in [2.05, 4.69) is 41.2 Å². The number of allylic oxidation sites excluding steroid dienone is 3. The summed E-state index contributed by atoms with van der Waals surface area (Å²) in [5.74, 6) is 0.0207. The van der Waals surface area contributed by atoms with E-state index in [4.69, 9.17) is 0 Å². The van der Waals surface area contributed by atoms with Crippen LogP contribution in [0.4, 0.5) is 0 Å². The number of nitrogens with one attached hydrogen (secondary N) is 1. The standard InChI is InChI=1S/C16H27N3O/c1-5-10-19(11-6-2)15-9-7-8-14(18-13(15)3)12-16(20)17-4/h7,9H,5-6,8,10-12H2,1-4H3,(H,17,20). The Kier molecular flexibility index (Phi) is 7.05. The number of carbonyl (C=O) groups excluding carboxylic acids is 1. The summed E-state index contributed by atoms with van der Waals surface area (Å²) in [5, 5.41) is 2.65. The van der Waals surface area contributed by atoms with Crippen LogP contribution in [0.2, 0.25) is 0 Å². The molecule has 0 aromatic heterocycles. The fourth-order valence-corrected chi connectivity index (χ4v) is 2.38. The van der Waals surface area contributed by atoms with Crippen LogP contribution in [0.5, 0.6) is 0 Å². The summed E-state index contributed by atoms with van der Waals surface area (Å²) in [6.07, 6.45) is 7.65. The maximum atomic E-state index is 11.5. The average Bonchev–Trinajstić information content (AvgIpc) is 2.60. The Morgan fingerprint density at radius 3 is 2.55 bits per heavy atom. The second kappa shape index (κ2) is 8.56. The lowest BCUT2D eigenvalue weighted by Crippen LogP contribution is -2.24. The Hall–Kier alpha value is -1.58. The molecule has 0 radical (unpaired) electrons. The van der Waals surface area contributed by atoms with Crippen molar-refractivity contribution in [3.8, 4) is 0 Å². The minimum Gasteiger partial charge on any atom is -0.370 e. The fraction of sp³-hybridized carbons (Fsp3) is 0.625. The van der Waals surface area contributed by atoms with Crippen molar-refractivity contribution in [1.29, 1.82) is 0 Å². The second-order valence-corrected chi connectivity index (χ2v) is 5.09. The van der Waals surface area contributed by atoms with Crippen LogP contribution in [-0.4, -0.2) is 36.7 Å². The van der Waals surface area contributed by atoms with E-state index in [0.717, 1.165) is 43.8 Å². The van der Waals surface area contributed by atoms with Gasteiger partial charge in [-0.1, -0.05) is 19.9 Å². The largest absolute Gasteiger partial charge is 0.370 e. The Morgan fingerprint density at radius 1 is 1.35 bits per heavy atom. The summed E-state index contributed by atoms with van der Waals surface area (Å²) in [6, 6.07) is 0. The van der Waals surface area contributed by atoms with E-state index in [0.29, 0.717) is 6.42 Å². The third kappa shape index (κ3) is 4.83. The van der Waals surface area contributed by atoms with Gasteiger partial charge >= 0.3 is 0 Å². The van der Waals surface area contributed by atoms with Gasteiger partial charge in [-0.15, -0.1) is 0 Å². The molecule has 4 nitrogen and oxygen atoms in total. The Labute approximate surface area is 122 Å². The molecule has 1 N–H and O–H groups in total. The van der Waals surface area contributed by atoms with Crippen LogP contribution in [0.15, 0.2) is 28.5 Å². The molecule has 0 fully saturated rings. The van der Waals surface area contributed by atoms with E-state index in [1.807, 2.05) is 6.92 Å². The maximum Gasteiger partial charge on any atom is 0.225 e. The number of amides is 1. The minimum absolute atomic E-state index is 0.0207. The molecule has 4 heteroatoms. The number of carbonyl (C=O) groups is 1. The first kappa shape index (κ1) is 16.5. The predicted octanol–water partition coefficient (Wildman–Crippen LogP) is 2.88. The van der Waals surface area contributed by atoms with Gasteiger partial charge in [-0.3, -0.25) is 9.79 Å². The lowest BCUT2D eigenvalue weighted by Gasteiger charge is -2.25. The Bertz CT molecular complexity index is 415. The van der Waals surface area contributed by atoms with Gasteiger partial charge in [0, 0.05) is 32.3 Å². The molecule has 0 aromatic carbocycles. The summed E-state index contributed by atoms with van der Waals surface area (Å²) < 4.78 is 0. The molecule has 1 aliphatic heterocycles. The maximum absolute atomic E-state index is 11.5. The third-order valence-corrected chi connectivity index (χ3v) is 3.30. The van der Waals surface area contributed by atoms with Crippen molar-refractivity contribution >= 4 is 11.6 Å². The molecule has 0 aliphatic carbocycles. The molecule has 20 heavy (non-hydrogen) atoms. The van der Waals surface area contributed by atoms with E-state index < -0.39 is 0 Å². The fourth-order valence-electron chi connectivity index (χ4n) is 2.38. The Morgan fingerprint density at radius 2 is 2.00 bits per heavy atom. The van der Waals surface area contributed by atoms with Gasteiger partial charge in [0.05, 0.1) is 17.8 Å². The highest BCUT2D eigenvalue weighted by atomic mass is 16.1. The van der Waals surface area contributed by atoms with Crippen LogP contribution in [-0.2, 0) is 4.79 Å². The number of hydrogen-bond acceptors (Lipinski definition) is 3. The zero-order valence-electron chi connectivity index (χ0n) is 13.2. The first-order valence-electron chi connectivity index (χ1n) is 7.51. The highest BCUT2D eigenvalue weighted by molar-refractivity contribution is 6.02. The van der Waals surface area contributed by atoms with Gasteiger partial charge in [-0.2, -0.15) is 0 Å². The first-order valence-corrected chi connectivity index (χ1v) is 7.51. The van der Waals surface area contributed by atoms with Crippen molar-refractivity contribution in [3.63, 3.8) is 0 Å². The van der Waals surface area contributed by atoms with Crippen LogP contribution in [0.1, 0.15) is 46.5 Å². The van der Waals surface area contributed by atoms with Gasteiger partial charge < -0.3 is 10.2 Å². The van der Waals surface area contributed by atoms with Crippen molar-refractivity contribution in [2.75, 3.05) is 20.1 Å². The summed E-state index contributed by atoms with van der Waals surface area (Å²) >= 11 is 0. The molecule has 0 saturated heterocycles. The minimum atomic E-state index is 0.0207. The van der Waals surface area contributed by atoms with Crippen LogP contribution >= 0.6 is 0 Å². The third-order valence-electron chi connectivity index (χ3n) is 3.30. The molecular weight excluding hydrogens is 250 g/mol. The van der Waals surface area contributed by atoms with Gasteiger partial charge in [0.25, 0.3) is 0 Å². The molecule has 0 atom stereocenters. The lowest BCUT2D eigenvalue weighted by atomic mass is 10.2. The molecule has 0 saturated carbocycles. The molecule has 0 unspecified atom stereocenters. The molecule has 0 spiro atoms. The first-order chi connectivity index (χ1) is 9.62. The molecule has 1 aliphatic rings. The predicted molar refractivity (Wildman–Crippen MR) is 84.7 cm³/mol. The molecule has 112 valence electrons. The molecule has 0 bridgehead atoms. The quantitative estimate of drug-likeness (QED) is 0.777. The summed E-state index contributed by atoms with van der Waals surface area (Å²) in [7, 11) is 1.66. The number of hydrogen-bond donors (Lipinski definition) is 1. The van der Waals surface area contributed by atoms with Gasteiger partial charge in [0.1, 0.15) is 0 Å². The SMILES string of the molecule is CCCN(CCC)C1=C(C)N=C(CC(=O)NC)CC=C1. The van der Waals surface area contributed by atoms with Gasteiger partial charge in [-0.05, 0) is 25.8 Å². The summed E-state index contributed by atoms with van der Waals surface area (Å²) in [4.78, 5) is 18.5. The zero-order valence-corrected chi connectivity index (χ0v) is 13.2. The molecule has 1 amide bonds. The monoisotopic (exact) mass is 277 g/mol. The molecule has 1 heterocycles. The van der Waals surface area contributed by atoms with Crippen molar-refractivity contribution in [2.24, 2.45) is 4.99 Å². The van der Waals surface area contributed by atoms with Crippen LogP contribution in [0, 0.1) is 0 Å². The van der Waals surface area contributed by atoms with E-state index in [1.165, 1.54) is 5.70 Å². The number of rotatable bonds is 7. The summed E-state index contributed by atoms with van der Waals surface area (Å²) in [5.41, 5.74) is 3.14. The van der Waals surface area contributed by atoms with Crippen molar-refractivity contribution < 1.29 is 4.79 Å². The van der Waals surface area contributed by atoms with Gasteiger partial charge in [-0.25, -0.2) is 0 Å². The van der Waals surface area contributed by atoms with Crippen molar-refractivity contribution in [3.05, 3.63) is 23.5 Å². The topological polar surface area (TPSA) is 44.7 Å². The van der Waals surface area contributed by atoms with Gasteiger partial charge in [0.15, 0.2) is 0 Å². The van der Waals surface area contributed by atoms with Crippen molar-refractivity contribution in [1.82, 2.24) is 10.2 Å². The van der Waals surface area contributed by atoms with E-state index in [-0.39, 0.29) is 5.91 Å². The Balaban J connectivity index is 2.94. The van der Waals surface area contributed by atoms with Gasteiger partial charge in [0.2, 0.25) is 5.91 Å². The zero-order chi connectivity index (χ0) is 15.0. The normalized spacial score (nSPS) is 14.9. The van der Waals surface area contributed by atoms with Crippen molar-refractivity contribution in [2.45, 2.75) is 46.5 Å². The molecule has 0 aromatic rings. The van der Waals surface area contributed by atoms with Crippen LogP contribution in [0.25, 0.3) is 0 Å². The molecular formula is C16H27N3O. The smallest absolute Gasteiger partial charge is 0.225 e. The van der Waals surface area contributed by atoms with E-state index >= 15 is 0 Å². The average molecular weight is 277 g/mol. The van der Waals surface area contributed by atoms with Crippen LogP contribution in [0.3, 0.4) is 0 Å². The lowest BCUT2D eigenvalue weighted by molar-refractivity contribution is -0.119. The highest BCUT2D eigenvalue weighted by Crippen LogP contribution is 2.19. The van der Waals surface area contributed by atoms with E-state index in [9.17, 15) is 4.79 Å². The van der Waals surface area contributed by atoms with E-state index in [1.54, 1.807) is 7.05 Å². The second-order valence-electron chi connectivity index (χ2n) is 5.09. The van der Waals surface area contributed by atoms with Crippen LogP contribution < -0.4 is 5.32 Å². The molecule has 1 rings (SSSR count). The number of aliphatic imine (C=N–C) groups is 1.